The molecule has 1 aromatic carbocycles. The van der Waals surface area contributed by atoms with Gasteiger partial charge in [-0.15, -0.1) is 0 Å². The number of ketones is 2. The van der Waals surface area contributed by atoms with E-state index in [2.05, 4.69) is 0 Å². The van der Waals surface area contributed by atoms with Crippen LogP contribution in [-0.2, 0) is 14.8 Å². The lowest BCUT2D eigenvalue weighted by Gasteiger charge is -2.01. The third kappa shape index (κ3) is 3.76. The third-order valence-corrected chi connectivity index (χ3v) is 3.19. The topological polar surface area (TPSA) is 94.3 Å². The van der Waals surface area contributed by atoms with Crippen LogP contribution in [0, 0.1) is 0 Å². The quantitative estimate of drug-likeness (QED) is 0.624. The summed E-state index contributed by atoms with van der Waals surface area (Å²) in [6.45, 7) is 1.68. The molecule has 0 atom stereocenters. The van der Waals surface area contributed by atoms with E-state index in [1.807, 2.05) is 0 Å². The molecule has 0 radical (unpaired) electrons. The van der Waals surface area contributed by atoms with Crippen molar-refractivity contribution in [3.05, 3.63) is 29.8 Å². The molecule has 0 aromatic heterocycles. The molecule has 17 heavy (non-hydrogen) atoms. The number of carbonyl (C=O) groups excluding carboxylic acids is 2. The second-order valence-electron chi connectivity index (χ2n) is 3.56. The molecule has 0 spiro atoms. The van der Waals surface area contributed by atoms with E-state index in [9.17, 15) is 18.0 Å². The lowest BCUT2D eigenvalue weighted by atomic mass is 10.1. The van der Waals surface area contributed by atoms with Crippen LogP contribution < -0.4 is 5.14 Å². The van der Waals surface area contributed by atoms with E-state index < -0.39 is 10.0 Å². The van der Waals surface area contributed by atoms with Gasteiger partial charge in [-0.1, -0.05) is 19.1 Å². The number of benzene rings is 1. The number of carbonyl (C=O) groups is 2. The summed E-state index contributed by atoms with van der Waals surface area (Å²) >= 11 is 0. The van der Waals surface area contributed by atoms with Crippen LogP contribution in [0.2, 0.25) is 0 Å². The molecule has 0 saturated heterocycles. The molecule has 0 bridgehead atoms. The Labute approximate surface area is 99.7 Å². The SMILES string of the molecule is CCC(=O)CC(=O)c1ccc(S(N)(=O)=O)cc1. The molecule has 0 aliphatic heterocycles. The molecular weight excluding hydrogens is 242 g/mol. The van der Waals surface area contributed by atoms with Gasteiger partial charge < -0.3 is 0 Å². The van der Waals surface area contributed by atoms with Gasteiger partial charge in [0.15, 0.2) is 5.78 Å². The number of primary sulfonamides is 1. The molecule has 0 amide bonds. The molecule has 5 nitrogen and oxygen atoms in total. The number of nitrogens with two attached hydrogens (primary N) is 1. The molecule has 0 heterocycles. The molecular formula is C11H13NO4S. The second-order valence-corrected chi connectivity index (χ2v) is 5.12. The van der Waals surface area contributed by atoms with Crippen LogP contribution in [0.15, 0.2) is 29.2 Å². The van der Waals surface area contributed by atoms with Crippen molar-refractivity contribution in [3.63, 3.8) is 0 Å². The lowest BCUT2D eigenvalue weighted by Crippen LogP contribution is -2.12. The molecule has 6 heteroatoms. The minimum absolute atomic E-state index is 0.0594. The summed E-state index contributed by atoms with van der Waals surface area (Å²) in [4.78, 5) is 22.6. The standard InChI is InChI=1S/C11H13NO4S/c1-2-9(13)7-11(14)8-3-5-10(6-4-8)17(12,15)16/h3-6H,2,7H2,1H3,(H2,12,15,16). The maximum Gasteiger partial charge on any atom is 0.238 e. The molecule has 1 rings (SSSR count). The van der Waals surface area contributed by atoms with E-state index in [1.165, 1.54) is 24.3 Å². The highest BCUT2D eigenvalue weighted by atomic mass is 32.2. The summed E-state index contributed by atoms with van der Waals surface area (Å²) in [6, 6.07) is 5.20. The van der Waals surface area contributed by atoms with Crippen LogP contribution in [0.5, 0.6) is 0 Å². The van der Waals surface area contributed by atoms with Gasteiger partial charge in [0.1, 0.15) is 5.78 Å². The number of hydrogen-bond acceptors (Lipinski definition) is 4. The highest BCUT2D eigenvalue weighted by molar-refractivity contribution is 7.89. The van der Waals surface area contributed by atoms with Crippen LogP contribution in [0.3, 0.4) is 0 Å². The van der Waals surface area contributed by atoms with Gasteiger partial charge in [-0.2, -0.15) is 0 Å². The zero-order chi connectivity index (χ0) is 13.1. The monoisotopic (exact) mass is 255 g/mol. The summed E-state index contributed by atoms with van der Waals surface area (Å²) in [5.74, 6) is -0.469. The molecule has 0 fully saturated rings. The highest BCUT2D eigenvalue weighted by Gasteiger charge is 2.12. The first-order valence-corrected chi connectivity index (χ1v) is 6.57. The Morgan fingerprint density at radius 2 is 1.71 bits per heavy atom. The lowest BCUT2D eigenvalue weighted by molar-refractivity contribution is -0.117. The Hall–Kier alpha value is -1.53. The minimum atomic E-state index is -3.75. The normalized spacial score (nSPS) is 11.2. The Bertz CT molecular complexity index is 531. The van der Waals surface area contributed by atoms with Crippen molar-refractivity contribution in [2.45, 2.75) is 24.7 Å². The predicted octanol–water partition coefficient (Wildman–Crippen LogP) is 0.886. The van der Waals surface area contributed by atoms with Crippen molar-refractivity contribution in [1.82, 2.24) is 0 Å². The van der Waals surface area contributed by atoms with E-state index in [4.69, 9.17) is 5.14 Å². The Kier molecular flexibility index (Phi) is 4.14. The summed E-state index contributed by atoms with van der Waals surface area (Å²) in [7, 11) is -3.75. The van der Waals surface area contributed by atoms with Gasteiger partial charge >= 0.3 is 0 Å². The fourth-order valence-electron chi connectivity index (χ4n) is 1.24. The second kappa shape index (κ2) is 5.20. The van der Waals surface area contributed by atoms with E-state index in [1.54, 1.807) is 6.92 Å². The molecule has 0 unspecified atom stereocenters. The smallest absolute Gasteiger partial charge is 0.238 e. The van der Waals surface area contributed by atoms with Crippen molar-refractivity contribution in [2.24, 2.45) is 5.14 Å². The maximum absolute atomic E-state index is 11.6. The van der Waals surface area contributed by atoms with Gasteiger partial charge in [-0.25, -0.2) is 13.6 Å². The van der Waals surface area contributed by atoms with Gasteiger partial charge in [0.05, 0.1) is 11.3 Å². The first-order valence-electron chi connectivity index (χ1n) is 5.02. The fraction of sp³-hybridized carbons (Fsp3) is 0.273. The highest BCUT2D eigenvalue weighted by Crippen LogP contribution is 2.10. The van der Waals surface area contributed by atoms with Crippen LogP contribution in [0.25, 0.3) is 0 Å². The molecule has 1 aromatic rings. The maximum atomic E-state index is 11.6. The van der Waals surface area contributed by atoms with Crippen molar-refractivity contribution < 1.29 is 18.0 Å². The van der Waals surface area contributed by atoms with Gasteiger partial charge in [-0.05, 0) is 12.1 Å². The predicted molar refractivity (Wildman–Crippen MR) is 62.1 cm³/mol. The summed E-state index contributed by atoms with van der Waals surface area (Å²) < 4.78 is 22.0. The van der Waals surface area contributed by atoms with Crippen LogP contribution >= 0.6 is 0 Å². The number of sulfonamides is 1. The van der Waals surface area contributed by atoms with Gasteiger partial charge in [0.25, 0.3) is 0 Å². The van der Waals surface area contributed by atoms with Crippen LogP contribution in [0.4, 0.5) is 0 Å². The molecule has 2 N–H and O–H groups in total. The first kappa shape index (κ1) is 13.5. The molecule has 0 aliphatic rings. The van der Waals surface area contributed by atoms with Crippen LogP contribution in [-0.4, -0.2) is 20.0 Å². The van der Waals surface area contributed by atoms with Crippen LogP contribution in [0.1, 0.15) is 30.1 Å². The number of hydrogen-bond donors (Lipinski definition) is 1. The Morgan fingerprint density at radius 3 is 2.12 bits per heavy atom. The van der Waals surface area contributed by atoms with E-state index in [0.29, 0.717) is 12.0 Å². The van der Waals surface area contributed by atoms with Crippen molar-refractivity contribution in [3.8, 4) is 0 Å². The van der Waals surface area contributed by atoms with Crippen molar-refractivity contribution in [2.75, 3.05) is 0 Å². The van der Waals surface area contributed by atoms with Gasteiger partial charge in [0, 0.05) is 12.0 Å². The summed E-state index contributed by atoms with van der Waals surface area (Å²) in [5.41, 5.74) is 0.305. The third-order valence-electron chi connectivity index (χ3n) is 2.26. The Balaban J connectivity index is 2.88. The van der Waals surface area contributed by atoms with Crippen molar-refractivity contribution in [1.29, 1.82) is 0 Å². The van der Waals surface area contributed by atoms with Gasteiger partial charge in [-0.3, -0.25) is 9.59 Å². The summed E-state index contributed by atoms with van der Waals surface area (Å²) in [5, 5.41) is 4.92. The number of Topliss-reactive ketones (excluding diaryl/α,β-unsaturated/α-hetero) is 2. The molecule has 0 saturated carbocycles. The largest absolute Gasteiger partial charge is 0.299 e. The molecule has 92 valence electrons. The zero-order valence-corrected chi connectivity index (χ0v) is 10.2. The average Bonchev–Trinajstić information content (AvgIpc) is 2.27. The minimum Gasteiger partial charge on any atom is -0.299 e. The summed E-state index contributed by atoms with van der Waals surface area (Å²) in [6.07, 6.45) is 0.145. The van der Waals surface area contributed by atoms with Crippen molar-refractivity contribution >= 4 is 21.6 Å². The zero-order valence-electron chi connectivity index (χ0n) is 9.34. The average molecular weight is 255 g/mol. The fourth-order valence-corrected chi connectivity index (χ4v) is 1.75. The van der Waals surface area contributed by atoms with E-state index in [0.717, 1.165) is 0 Å². The van der Waals surface area contributed by atoms with Gasteiger partial charge in [0.2, 0.25) is 10.0 Å². The van der Waals surface area contributed by atoms with E-state index in [-0.39, 0.29) is 22.9 Å². The Morgan fingerprint density at radius 1 is 1.18 bits per heavy atom. The first-order chi connectivity index (χ1) is 7.84. The van der Waals surface area contributed by atoms with E-state index >= 15 is 0 Å². The number of rotatable bonds is 5. The molecule has 0 aliphatic carbocycles.